The lowest BCUT2D eigenvalue weighted by atomic mass is 9.98. The van der Waals surface area contributed by atoms with Gasteiger partial charge >= 0.3 is 0 Å². The predicted octanol–water partition coefficient (Wildman–Crippen LogP) is 7.83. The van der Waals surface area contributed by atoms with Gasteiger partial charge in [-0.2, -0.15) is 0 Å². The fourth-order valence-electron chi connectivity index (χ4n) is 4.17. The molecule has 0 aliphatic heterocycles. The zero-order valence-corrected chi connectivity index (χ0v) is 19.2. The van der Waals surface area contributed by atoms with Crippen LogP contribution >= 0.6 is 0 Å². The van der Waals surface area contributed by atoms with Gasteiger partial charge in [-0.3, -0.25) is 0 Å². The second-order valence-electron chi connectivity index (χ2n) is 8.69. The monoisotopic (exact) mass is 394 g/mol. The Morgan fingerprint density at radius 2 is 1.14 bits per heavy atom. The smallest absolute Gasteiger partial charge is 0.173 e. The Morgan fingerprint density at radius 3 is 1.76 bits per heavy atom. The summed E-state index contributed by atoms with van der Waals surface area (Å²) in [4.78, 5) is 0. The second kappa shape index (κ2) is 15.2. The van der Waals surface area contributed by atoms with E-state index in [1.165, 1.54) is 95.5 Å². The second-order valence-corrected chi connectivity index (χ2v) is 8.69. The third kappa shape index (κ3) is 10.1. The lowest BCUT2D eigenvalue weighted by molar-refractivity contribution is -0.688. The van der Waals surface area contributed by atoms with Gasteiger partial charge < -0.3 is 0 Å². The van der Waals surface area contributed by atoms with Crippen molar-refractivity contribution in [2.24, 2.45) is 0 Å². The number of pyridine rings is 1. The van der Waals surface area contributed by atoms with Crippen molar-refractivity contribution >= 4 is 0 Å². The number of hydrogen-bond donors (Lipinski definition) is 0. The van der Waals surface area contributed by atoms with Crippen molar-refractivity contribution in [2.75, 3.05) is 0 Å². The van der Waals surface area contributed by atoms with E-state index in [0.717, 1.165) is 6.54 Å². The lowest BCUT2D eigenvalue weighted by Crippen LogP contribution is -2.34. The minimum Gasteiger partial charge on any atom is -0.200 e. The molecule has 0 fully saturated rings. The highest BCUT2D eigenvalue weighted by molar-refractivity contribution is 5.22. The zero-order valence-electron chi connectivity index (χ0n) is 19.2. The number of unbranched alkanes of at least 4 members (excludes halogenated alkanes) is 10. The van der Waals surface area contributed by atoms with E-state index in [1.54, 1.807) is 11.1 Å². The molecule has 0 saturated carbocycles. The number of nitrogens with zero attached hydrogens (tertiary/aromatic N) is 1. The van der Waals surface area contributed by atoms with Gasteiger partial charge in [-0.15, -0.1) is 0 Å². The first-order valence-corrected chi connectivity index (χ1v) is 12.4. The molecule has 0 spiro atoms. The van der Waals surface area contributed by atoms with Gasteiger partial charge in [-0.1, -0.05) is 108 Å². The molecule has 0 N–H and O–H groups in total. The third-order valence-corrected chi connectivity index (χ3v) is 6.01. The van der Waals surface area contributed by atoms with Gasteiger partial charge in [0.15, 0.2) is 18.9 Å². The number of benzene rings is 1. The van der Waals surface area contributed by atoms with E-state index >= 15 is 0 Å². The van der Waals surface area contributed by atoms with Crippen LogP contribution < -0.4 is 4.57 Å². The average molecular weight is 395 g/mol. The first-order valence-electron chi connectivity index (χ1n) is 12.4. The highest BCUT2D eigenvalue weighted by Crippen LogP contribution is 2.16. The molecule has 0 saturated heterocycles. The molecule has 29 heavy (non-hydrogen) atoms. The maximum absolute atomic E-state index is 2.44. The molecule has 1 heterocycles. The molecular formula is C28H44N+. The Hall–Kier alpha value is -1.63. The van der Waals surface area contributed by atoms with Gasteiger partial charge in [0.1, 0.15) is 0 Å². The number of rotatable bonds is 16. The summed E-state index contributed by atoms with van der Waals surface area (Å²) >= 11 is 0. The Labute approximate surface area is 180 Å². The summed E-state index contributed by atoms with van der Waals surface area (Å²) < 4.78 is 2.38. The van der Waals surface area contributed by atoms with Crippen LogP contribution in [0.25, 0.3) is 0 Å². The Morgan fingerprint density at radius 1 is 0.586 bits per heavy atom. The van der Waals surface area contributed by atoms with E-state index < -0.39 is 0 Å². The molecule has 1 nitrogen and oxygen atoms in total. The van der Waals surface area contributed by atoms with Crippen LogP contribution in [-0.4, -0.2) is 0 Å². The van der Waals surface area contributed by atoms with Crippen LogP contribution in [0.2, 0.25) is 0 Å². The predicted molar refractivity (Wildman–Crippen MR) is 126 cm³/mol. The Balaban J connectivity index is 1.91. The van der Waals surface area contributed by atoms with E-state index in [0.29, 0.717) is 0 Å². The van der Waals surface area contributed by atoms with E-state index in [1.807, 2.05) is 0 Å². The van der Waals surface area contributed by atoms with Gasteiger partial charge in [0.25, 0.3) is 0 Å². The first kappa shape index (κ1) is 23.6. The summed E-state index contributed by atoms with van der Waals surface area (Å²) in [6, 6.07) is 13.2. The molecule has 160 valence electrons. The summed E-state index contributed by atoms with van der Waals surface area (Å²) in [7, 11) is 0. The van der Waals surface area contributed by atoms with Crippen molar-refractivity contribution in [3.05, 3.63) is 65.5 Å². The standard InChI is InChI=1S/C28H44N/c1-3-5-7-9-11-16-20-27-22-23-29(24-26-18-14-13-15-19-26)25-28(27)21-17-12-10-8-6-4-2/h13-15,18-19,22-23,25H,3-12,16-17,20-21,24H2,1-2H3/q+1. The van der Waals surface area contributed by atoms with E-state index in [-0.39, 0.29) is 0 Å². The molecule has 0 atom stereocenters. The van der Waals surface area contributed by atoms with Crippen molar-refractivity contribution in [1.82, 2.24) is 0 Å². The molecule has 0 unspecified atom stereocenters. The van der Waals surface area contributed by atoms with E-state index in [2.05, 4.69) is 67.2 Å². The fourth-order valence-corrected chi connectivity index (χ4v) is 4.17. The van der Waals surface area contributed by atoms with E-state index in [9.17, 15) is 0 Å². The van der Waals surface area contributed by atoms with Crippen LogP contribution in [0, 0.1) is 0 Å². The summed E-state index contributed by atoms with van der Waals surface area (Å²) in [5.41, 5.74) is 4.57. The molecule has 0 aliphatic rings. The normalized spacial score (nSPS) is 11.1. The van der Waals surface area contributed by atoms with Crippen LogP contribution in [0.3, 0.4) is 0 Å². The fraction of sp³-hybridized carbons (Fsp3) is 0.607. The highest BCUT2D eigenvalue weighted by Gasteiger charge is 2.10. The minimum atomic E-state index is 0.974. The molecular weight excluding hydrogens is 350 g/mol. The van der Waals surface area contributed by atoms with Crippen LogP contribution in [0.15, 0.2) is 48.8 Å². The van der Waals surface area contributed by atoms with Crippen LogP contribution in [0.5, 0.6) is 0 Å². The maximum Gasteiger partial charge on any atom is 0.173 e. The summed E-state index contributed by atoms with van der Waals surface area (Å²) in [5.74, 6) is 0. The molecule has 0 amide bonds. The molecule has 1 aromatic carbocycles. The van der Waals surface area contributed by atoms with Gasteiger partial charge in [0.2, 0.25) is 0 Å². The number of aromatic nitrogens is 1. The highest BCUT2D eigenvalue weighted by atomic mass is 14.9. The molecule has 2 aromatic rings. The number of hydrogen-bond acceptors (Lipinski definition) is 0. The van der Waals surface area contributed by atoms with Crippen LogP contribution in [0.1, 0.15) is 108 Å². The van der Waals surface area contributed by atoms with Gasteiger partial charge in [0.05, 0.1) is 0 Å². The van der Waals surface area contributed by atoms with Crippen molar-refractivity contribution in [3.8, 4) is 0 Å². The summed E-state index contributed by atoms with van der Waals surface area (Å²) in [6.07, 6.45) is 23.8. The molecule has 0 aliphatic carbocycles. The first-order chi connectivity index (χ1) is 14.3. The van der Waals surface area contributed by atoms with Gasteiger partial charge in [0, 0.05) is 17.2 Å². The van der Waals surface area contributed by atoms with Crippen LogP contribution in [-0.2, 0) is 19.4 Å². The van der Waals surface area contributed by atoms with Crippen molar-refractivity contribution in [3.63, 3.8) is 0 Å². The molecule has 0 bridgehead atoms. The molecule has 2 rings (SSSR count). The molecule has 1 aromatic heterocycles. The average Bonchev–Trinajstić information content (AvgIpc) is 2.75. The Bertz CT molecular complexity index is 647. The zero-order chi connectivity index (χ0) is 20.6. The summed E-state index contributed by atoms with van der Waals surface area (Å²) in [5, 5.41) is 0. The third-order valence-electron chi connectivity index (χ3n) is 6.01. The van der Waals surface area contributed by atoms with Crippen molar-refractivity contribution in [2.45, 2.75) is 110 Å². The topological polar surface area (TPSA) is 3.88 Å². The Kier molecular flexibility index (Phi) is 12.4. The van der Waals surface area contributed by atoms with Crippen molar-refractivity contribution < 1.29 is 4.57 Å². The van der Waals surface area contributed by atoms with Crippen LogP contribution in [0.4, 0.5) is 0 Å². The SMILES string of the molecule is CCCCCCCCc1cc[n+](Cc2ccccc2)cc1CCCCCCCC. The lowest BCUT2D eigenvalue weighted by Gasteiger charge is -2.09. The molecule has 0 radical (unpaired) electrons. The summed E-state index contributed by atoms with van der Waals surface area (Å²) in [6.45, 7) is 5.56. The van der Waals surface area contributed by atoms with Crippen molar-refractivity contribution in [1.29, 1.82) is 0 Å². The maximum atomic E-state index is 2.44. The van der Waals surface area contributed by atoms with Gasteiger partial charge in [-0.05, 0) is 31.2 Å². The number of aryl methyl sites for hydroxylation is 2. The van der Waals surface area contributed by atoms with E-state index in [4.69, 9.17) is 0 Å². The minimum absolute atomic E-state index is 0.974. The van der Waals surface area contributed by atoms with Gasteiger partial charge in [-0.25, -0.2) is 4.57 Å². The largest absolute Gasteiger partial charge is 0.200 e. The quantitative estimate of drug-likeness (QED) is 0.202. The molecule has 1 heteroatoms.